The number of nitrogens with zero attached hydrogens (tertiary/aromatic N) is 1. The number of hydrogen-bond acceptors (Lipinski definition) is 5. The highest BCUT2D eigenvalue weighted by atomic mass is 16.5. The number of carboxylic acids is 1. The van der Waals surface area contributed by atoms with E-state index >= 15 is 0 Å². The van der Waals surface area contributed by atoms with Crippen LogP contribution in [-0.4, -0.2) is 27.2 Å². The number of benzene rings is 1. The molecule has 7 heteroatoms. The molecular weight excluding hydrogens is 276 g/mol. The third-order valence-electron chi connectivity index (χ3n) is 3.26. The number of hydrogen-bond donors (Lipinski definition) is 3. The molecule has 2 aromatic rings. The topological polar surface area (TPSA) is 113 Å². The molecule has 1 saturated carbocycles. The number of carbonyl (C=O) groups is 2. The summed E-state index contributed by atoms with van der Waals surface area (Å²) in [4.78, 5) is 22.9. The van der Waals surface area contributed by atoms with E-state index < -0.39 is 17.6 Å². The largest absolute Gasteiger partial charge is 0.505 e. The number of amides is 1. The minimum absolute atomic E-state index is 0.0101. The van der Waals surface area contributed by atoms with E-state index in [1.165, 1.54) is 18.2 Å². The average molecular weight is 288 g/mol. The number of carbonyl (C=O) groups excluding carboxylic acids is 1. The van der Waals surface area contributed by atoms with Gasteiger partial charge in [0, 0.05) is 12.0 Å². The molecule has 0 unspecified atom stereocenters. The van der Waals surface area contributed by atoms with Gasteiger partial charge in [0.1, 0.15) is 11.3 Å². The van der Waals surface area contributed by atoms with Crippen LogP contribution >= 0.6 is 0 Å². The Morgan fingerprint density at radius 2 is 2.10 bits per heavy atom. The summed E-state index contributed by atoms with van der Waals surface area (Å²) in [5.41, 5.74) is -0.181. The molecule has 1 heterocycles. The van der Waals surface area contributed by atoms with Gasteiger partial charge in [-0.05, 0) is 25.0 Å². The summed E-state index contributed by atoms with van der Waals surface area (Å²) >= 11 is 0. The van der Waals surface area contributed by atoms with E-state index in [2.05, 4.69) is 10.5 Å². The Morgan fingerprint density at radius 1 is 1.33 bits per heavy atom. The number of aromatic carboxylic acids is 1. The van der Waals surface area contributed by atoms with Crippen molar-refractivity contribution >= 4 is 17.6 Å². The minimum Gasteiger partial charge on any atom is -0.505 e. The molecule has 7 nitrogen and oxygen atoms in total. The van der Waals surface area contributed by atoms with Crippen LogP contribution in [0.2, 0.25) is 0 Å². The first-order chi connectivity index (χ1) is 10.1. The van der Waals surface area contributed by atoms with Crippen molar-refractivity contribution in [2.24, 2.45) is 0 Å². The zero-order valence-electron chi connectivity index (χ0n) is 10.9. The van der Waals surface area contributed by atoms with Crippen molar-refractivity contribution in [2.45, 2.75) is 18.8 Å². The van der Waals surface area contributed by atoms with Crippen molar-refractivity contribution in [2.75, 3.05) is 5.32 Å². The predicted octanol–water partition coefficient (Wildman–Crippen LogP) is 2.21. The van der Waals surface area contributed by atoms with E-state index in [0.29, 0.717) is 11.7 Å². The lowest BCUT2D eigenvalue weighted by atomic mass is 10.1. The third kappa shape index (κ3) is 2.58. The van der Waals surface area contributed by atoms with Crippen LogP contribution in [0.1, 0.15) is 45.4 Å². The average Bonchev–Trinajstić information content (AvgIpc) is 3.18. The molecule has 3 N–H and O–H groups in total. The molecule has 1 aliphatic carbocycles. The van der Waals surface area contributed by atoms with Crippen molar-refractivity contribution in [3.63, 3.8) is 0 Å². The number of aromatic hydroxyl groups is 1. The maximum absolute atomic E-state index is 12.0. The minimum atomic E-state index is -1.28. The monoisotopic (exact) mass is 288 g/mol. The van der Waals surface area contributed by atoms with Gasteiger partial charge in [-0.15, -0.1) is 0 Å². The Morgan fingerprint density at radius 3 is 2.76 bits per heavy atom. The highest BCUT2D eigenvalue weighted by molar-refractivity contribution is 6.05. The van der Waals surface area contributed by atoms with E-state index in [4.69, 9.17) is 9.63 Å². The SMILES string of the molecule is O=C(Nc1cccc(C(=O)O)c1O)c1cc(C2CC2)on1. The predicted molar refractivity (Wildman–Crippen MR) is 71.5 cm³/mol. The number of rotatable bonds is 4. The Kier molecular flexibility index (Phi) is 3.09. The number of anilines is 1. The van der Waals surface area contributed by atoms with Gasteiger partial charge in [0.2, 0.25) is 0 Å². The second kappa shape index (κ2) is 4.93. The summed E-state index contributed by atoms with van der Waals surface area (Å²) in [5.74, 6) is -1.33. The molecule has 108 valence electrons. The molecule has 0 saturated heterocycles. The van der Waals surface area contributed by atoms with Crippen molar-refractivity contribution in [3.8, 4) is 5.75 Å². The highest BCUT2D eigenvalue weighted by Gasteiger charge is 2.29. The molecule has 1 amide bonds. The summed E-state index contributed by atoms with van der Waals surface area (Å²) in [6.45, 7) is 0. The fraction of sp³-hybridized carbons (Fsp3) is 0.214. The maximum atomic E-state index is 12.0. The summed E-state index contributed by atoms with van der Waals surface area (Å²) in [6, 6.07) is 5.64. The molecule has 3 rings (SSSR count). The summed E-state index contributed by atoms with van der Waals surface area (Å²) in [6.07, 6.45) is 2.05. The molecule has 1 aliphatic rings. The number of aromatic nitrogens is 1. The zero-order valence-corrected chi connectivity index (χ0v) is 10.9. The van der Waals surface area contributed by atoms with E-state index in [1.807, 2.05) is 0 Å². The molecule has 0 atom stereocenters. The lowest BCUT2D eigenvalue weighted by molar-refractivity contribution is 0.0693. The van der Waals surface area contributed by atoms with Crippen LogP contribution < -0.4 is 5.32 Å². The van der Waals surface area contributed by atoms with Crippen LogP contribution in [-0.2, 0) is 0 Å². The highest BCUT2D eigenvalue weighted by Crippen LogP contribution is 2.40. The first-order valence-corrected chi connectivity index (χ1v) is 6.39. The van der Waals surface area contributed by atoms with Crippen LogP contribution in [0.25, 0.3) is 0 Å². The number of para-hydroxylation sites is 1. The normalized spacial score (nSPS) is 13.9. The van der Waals surface area contributed by atoms with E-state index in [-0.39, 0.29) is 16.9 Å². The van der Waals surface area contributed by atoms with Gasteiger partial charge in [-0.3, -0.25) is 4.79 Å². The van der Waals surface area contributed by atoms with Crippen LogP contribution in [0, 0.1) is 0 Å². The lowest BCUT2D eigenvalue weighted by Crippen LogP contribution is -2.13. The lowest BCUT2D eigenvalue weighted by Gasteiger charge is -2.07. The van der Waals surface area contributed by atoms with Gasteiger partial charge < -0.3 is 20.1 Å². The number of carboxylic acid groups (broad SMARTS) is 1. The first kappa shape index (κ1) is 13.2. The van der Waals surface area contributed by atoms with Crippen molar-refractivity contribution in [3.05, 3.63) is 41.3 Å². The Balaban J connectivity index is 1.80. The maximum Gasteiger partial charge on any atom is 0.339 e. The molecule has 1 aromatic heterocycles. The standard InChI is InChI=1S/C14H12N2O5/c17-12-8(14(19)20)2-1-3-9(12)15-13(18)10-6-11(21-16-10)7-4-5-7/h1-3,6-7,17H,4-5H2,(H,15,18)(H,19,20). The Labute approximate surface area is 119 Å². The zero-order chi connectivity index (χ0) is 15.0. The molecule has 0 spiro atoms. The van der Waals surface area contributed by atoms with Crippen LogP contribution in [0.15, 0.2) is 28.8 Å². The van der Waals surface area contributed by atoms with Gasteiger partial charge in [0.25, 0.3) is 5.91 Å². The van der Waals surface area contributed by atoms with Crippen molar-refractivity contribution in [1.82, 2.24) is 5.16 Å². The van der Waals surface area contributed by atoms with Gasteiger partial charge in [0.05, 0.1) is 5.69 Å². The van der Waals surface area contributed by atoms with Gasteiger partial charge in [-0.25, -0.2) is 4.79 Å². The summed E-state index contributed by atoms with van der Waals surface area (Å²) in [7, 11) is 0. The van der Waals surface area contributed by atoms with Crippen molar-refractivity contribution in [1.29, 1.82) is 0 Å². The van der Waals surface area contributed by atoms with Gasteiger partial charge in [-0.1, -0.05) is 11.2 Å². The van der Waals surface area contributed by atoms with Crippen molar-refractivity contribution < 1.29 is 24.3 Å². The molecule has 0 bridgehead atoms. The van der Waals surface area contributed by atoms with Gasteiger partial charge in [0.15, 0.2) is 11.4 Å². The fourth-order valence-electron chi connectivity index (χ4n) is 1.96. The second-order valence-electron chi connectivity index (χ2n) is 4.85. The number of phenols is 1. The molecule has 1 fully saturated rings. The van der Waals surface area contributed by atoms with E-state index in [0.717, 1.165) is 12.8 Å². The van der Waals surface area contributed by atoms with E-state index in [9.17, 15) is 14.7 Å². The fourth-order valence-corrected chi connectivity index (χ4v) is 1.96. The Bertz CT molecular complexity index is 718. The third-order valence-corrected chi connectivity index (χ3v) is 3.26. The van der Waals surface area contributed by atoms with Crippen LogP contribution in [0.5, 0.6) is 5.75 Å². The molecule has 0 radical (unpaired) electrons. The number of nitrogens with one attached hydrogen (secondary N) is 1. The quantitative estimate of drug-likeness (QED) is 0.743. The van der Waals surface area contributed by atoms with Crippen LogP contribution in [0.4, 0.5) is 5.69 Å². The molecule has 21 heavy (non-hydrogen) atoms. The molecule has 0 aliphatic heterocycles. The second-order valence-corrected chi connectivity index (χ2v) is 4.85. The Hall–Kier alpha value is -2.83. The van der Waals surface area contributed by atoms with Gasteiger partial charge in [-0.2, -0.15) is 0 Å². The smallest absolute Gasteiger partial charge is 0.339 e. The van der Waals surface area contributed by atoms with Gasteiger partial charge >= 0.3 is 5.97 Å². The first-order valence-electron chi connectivity index (χ1n) is 6.39. The van der Waals surface area contributed by atoms with Crippen LogP contribution in [0.3, 0.4) is 0 Å². The summed E-state index contributed by atoms with van der Waals surface area (Å²) in [5, 5.41) is 24.8. The van der Waals surface area contributed by atoms with E-state index in [1.54, 1.807) is 6.07 Å². The molecular formula is C14H12N2O5. The molecule has 1 aromatic carbocycles. The summed E-state index contributed by atoms with van der Waals surface area (Å²) < 4.78 is 5.07.